The van der Waals surface area contributed by atoms with Crippen LogP contribution in [0, 0.1) is 5.82 Å². The molecule has 0 saturated heterocycles. The molecule has 29 heavy (non-hydrogen) atoms. The van der Waals surface area contributed by atoms with E-state index in [1.165, 1.54) is 37.4 Å². The minimum atomic E-state index is -4.43. The fraction of sp³-hybridized carbons (Fsp3) is 0.278. The molecule has 0 unspecified atom stereocenters. The number of alkyl halides is 3. The molecule has 0 atom stereocenters. The Morgan fingerprint density at radius 3 is 2.38 bits per heavy atom. The zero-order chi connectivity index (χ0) is 20.8. The molecule has 11 heteroatoms. The van der Waals surface area contributed by atoms with E-state index in [9.17, 15) is 26.0 Å². The summed E-state index contributed by atoms with van der Waals surface area (Å²) in [5.74, 6) is -0.992. The van der Waals surface area contributed by atoms with Gasteiger partial charge in [0.05, 0.1) is 11.3 Å². The first-order valence-corrected chi connectivity index (χ1v) is 9.86. The van der Waals surface area contributed by atoms with Gasteiger partial charge in [-0.15, -0.1) is 24.0 Å². The lowest BCUT2D eigenvalue weighted by Gasteiger charge is -2.13. The standard InChI is InChI=1S/C18H19F4N3O2S.HI/c1-23-17(25-12-13-5-4-6-14(11-13)18(20,21)22)24-9-10-28(26,27)16-8-3-2-7-15(16)19;/h2-8,11H,9-10,12H2,1H3,(H2,23,24,25);1H. The number of aliphatic imine (C=N–C) groups is 1. The van der Waals surface area contributed by atoms with Crippen LogP contribution in [0.25, 0.3) is 0 Å². The molecule has 0 aromatic heterocycles. The molecule has 160 valence electrons. The number of hydrogen-bond acceptors (Lipinski definition) is 3. The number of halogens is 5. The average Bonchev–Trinajstić information content (AvgIpc) is 2.64. The number of guanidine groups is 1. The molecule has 2 N–H and O–H groups in total. The van der Waals surface area contributed by atoms with Gasteiger partial charge >= 0.3 is 6.18 Å². The van der Waals surface area contributed by atoms with Crippen molar-refractivity contribution in [2.75, 3.05) is 19.3 Å². The lowest BCUT2D eigenvalue weighted by Crippen LogP contribution is -2.39. The van der Waals surface area contributed by atoms with E-state index in [4.69, 9.17) is 0 Å². The maximum absolute atomic E-state index is 13.6. The van der Waals surface area contributed by atoms with E-state index < -0.39 is 27.4 Å². The Balaban J connectivity index is 0.00000420. The van der Waals surface area contributed by atoms with E-state index in [2.05, 4.69) is 15.6 Å². The molecular formula is C18H20F4IN3O2S. The highest BCUT2D eigenvalue weighted by Crippen LogP contribution is 2.29. The molecule has 0 amide bonds. The highest BCUT2D eigenvalue weighted by atomic mass is 127. The van der Waals surface area contributed by atoms with E-state index >= 15 is 0 Å². The fourth-order valence-corrected chi connectivity index (χ4v) is 3.62. The number of nitrogens with zero attached hydrogens (tertiary/aromatic N) is 1. The molecule has 0 radical (unpaired) electrons. The van der Waals surface area contributed by atoms with Gasteiger partial charge in [-0.05, 0) is 29.8 Å². The Morgan fingerprint density at radius 1 is 1.07 bits per heavy atom. The van der Waals surface area contributed by atoms with E-state index in [1.807, 2.05) is 0 Å². The molecule has 0 spiro atoms. The first-order valence-electron chi connectivity index (χ1n) is 8.21. The van der Waals surface area contributed by atoms with Gasteiger partial charge in [0.15, 0.2) is 15.8 Å². The Kier molecular flexibility index (Phi) is 9.33. The van der Waals surface area contributed by atoms with Crippen LogP contribution in [0.2, 0.25) is 0 Å². The molecule has 0 aliphatic rings. The van der Waals surface area contributed by atoms with Gasteiger partial charge in [0, 0.05) is 20.1 Å². The maximum atomic E-state index is 13.6. The Bertz CT molecular complexity index is 950. The SMILES string of the molecule is CN=C(NCCS(=O)(=O)c1ccccc1F)NCc1cccc(C(F)(F)F)c1.I. The minimum absolute atomic E-state index is 0. The van der Waals surface area contributed by atoms with Crippen molar-refractivity contribution in [2.24, 2.45) is 4.99 Å². The second kappa shape index (κ2) is 10.8. The fourth-order valence-electron chi connectivity index (χ4n) is 2.37. The number of rotatable bonds is 6. The largest absolute Gasteiger partial charge is 0.416 e. The van der Waals surface area contributed by atoms with Crippen molar-refractivity contribution in [1.29, 1.82) is 0 Å². The monoisotopic (exact) mass is 545 g/mol. The molecule has 0 heterocycles. The highest BCUT2D eigenvalue weighted by Gasteiger charge is 2.30. The molecule has 0 aliphatic carbocycles. The first-order chi connectivity index (χ1) is 13.1. The molecule has 0 bridgehead atoms. The number of benzene rings is 2. The Hall–Kier alpha value is -1.89. The van der Waals surface area contributed by atoms with Crippen molar-refractivity contribution in [3.63, 3.8) is 0 Å². The van der Waals surface area contributed by atoms with Gasteiger partial charge in [-0.1, -0.05) is 24.3 Å². The molecule has 0 aliphatic heterocycles. The maximum Gasteiger partial charge on any atom is 0.416 e. The lowest BCUT2D eigenvalue weighted by molar-refractivity contribution is -0.137. The van der Waals surface area contributed by atoms with Crippen molar-refractivity contribution in [2.45, 2.75) is 17.6 Å². The molecule has 2 rings (SSSR count). The van der Waals surface area contributed by atoms with Gasteiger partial charge in [0.25, 0.3) is 0 Å². The van der Waals surface area contributed by atoms with Crippen LogP contribution in [0.1, 0.15) is 11.1 Å². The minimum Gasteiger partial charge on any atom is -0.355 e. The van der Waals surface area contributed by atoms with Crippen molar-refractivity contribution in [1.82, 2.24) is 10.6 Å². The molecular weight excluding hydrogens is 525 g/mol. The predicted octanol–water partition coefficient (Wildman–Crippen LogP) is 3.60. The molecule has 0 saturated carbocycles. The van der Waals surface area contributed by atoms with Gasteiger partial charge in [0.2, 0.25) is 0 Å². The summed E-state index contributed by atoms with van der Waals surface area (Å²) in [7, 11) is -2.39. The quantitative estimate of drug-likeness (QED) is 0.252. The van der Waals surface area contributed by atoms with Crippen LogP contribution in [-0.4, -0.2) is 33.7 Å². The average molecular weight is 545 g/mol. The van der Waals surface area contributed by atoms with Crippen molar-refractivity contribution in [3.8, 4) is 0 Å². The highest BCUT2D eigenvalue weighted by molar-refractivity contribution is 14.0. The zero-order valence-electron chi connectivity index (χ0n) is 15.3. The summed E-state index contributed by atoms with van der Waals surface area (Å²) < 4.78 is 76.2. The van der Waals surface area contributed by atoms with Gasteiger partial charge in [-0.3, -0.25) is 4.99 Å². The van der Waals surface area contributed by atoms with Crippen molar-refractivity contribution >= 4 is 39.8 Å². The second-order valence-electron chi connectivity index (χ2n) is 5.80. The van der Waals surface area contributed by atoms with Gasteiger partial charge in [-0.25, -0.2) is 12.8 Å². The van der Waals surface area contributed by atoms with Crippen LogP contribution in [0.4, 0.5) is 17.6 Å². The summed E-state index contributed by atoms with van der Waals surface area (Å²) >= 11 is 0. The third-order valence-corrected chi connectivity index (χ3v) is 5.52. The van der Waals surface area contributed by atoms with Crippen LogP contribution in [0.5, 0.6) is 0 Å². The lowest BCUT2D eigenvalue weighted by atomic mass is 10.1. The van der Waals surface area contributed by atoms with Gasteiger partial charge in [-0.2, -0.15) is 13.2 Å². The summed E-state index contributed by atoms with van der Waals surface area (Å²) in [6.45, 7) is 0.00257. The molecule has 2 aromatic rings. The topological polar surface area (TPSA) is 70.6 Å². The van der Waals surface area contributed by atoms with Crippen LogP contribution in [0.3, 0.4) is 0 Å². The molecule has 2 aromatic carbocycles. The first kappa shape index (κ1) is 25.1. The van der Waals surface area contributed by atoms with Crippen molar-refractivity contribution < 1.29 is 26.0 Å². The summed E-state index contributed by atoms with van der Waals surface area (Å²) in [4.78, 5) is 3.50. The summed E-state index contributed by atoms with van der Waals surface area (Å²) in [5, 5.41) is 5.55. The Labute approximate surface area is 183 Å². The second-order valence-corrected chi connectivity index (χ2v) is 7.88. The van der Waals surface area contributed by atoms with E-state index in [0.29, 0.717) is 5.56 Å². The normalized spacial score (nSPS) is 12.2. The van der Waals surface area contributed by atoms with Gasteiger partial charge < -0.3 is 10.6 Å². The van der Waals surface area contributed by atoms with Crippen LogP contribution >= 0.6 is 24.0 Å². The summed E-state index contributed by atoms with van der Waals surface area (Å²) in [6.07, 6.45) is -4.43. The van der Waals surface area contributed by atoms with Crippen molar-refractivity contribution in [3.05, 3.63) is 65.5 Å². The van der Waals surface area contributed by atoms with Crippen LogP contribution in [-0.2, 0) is 22.6 Å². The van der Waals surface area contributed by atoms with E-state index in [1.54, 1.807) is 0 Å². The third-order valence-electron chi connectivity index (χ3n) is 3.77. The number of hydrogen-bond donors (Lipinski definition) is 2. The zero-order valence-corrected chi connectivity index (χ0v) is 18.5. The smallest absolute Gasteiger partial charge is 0.355 e. The molecule has 5 nitrogen and oxygen atoms in total. The Morgan fingerprint density at radius 2 is 1.76 bits per heavy atom. The van der Waals surface area contributed by atoms with Crippen LogP contribution < -0.4 is 10.6 Å². The number of nitrogens with one attached hydrogen (secondary N) is 2. The molecule has 0 fully saturated rings. The van der Waals surface area contributed by atoms with E-state index in [0.717, 1.165) is 18.2 Å². The summed E-state index contributed by atoms with van der Waals surface area (Å²) in [6, 6.07) is 9.90. The third kappa shape index (κ3) is 7.46. The van der Waals surface area contributed by atoms with E-state index in [-0.39, 0.29) is 53.7 Å². The van der Waals surface area contributed by atoms with Gasteiger partial charge in [0.1, 0.15) is 10.7 Å². The van der Waals surface area contributed by atoms with Crippen LogP contribution in [0.15, 0.2) is 58.4 Å². The predicted molar refractivity (Wildman–Crippen MR) is 114 cm³/mol. The summed E-state index contributed by atoms with van der Waals surface area (Å²) in [5.41, 5.74) is -0.373. The number of sulfone groups is 1.